The number of imidazole rings is 1. The molecule has 0 saturated heterocycles. The summed E-state index contributed by atoms with van der Waals surface area (Å²) < 4.78 is 7.64. The monoisotopic (exact) mass is 307 g/mol. The molecule has 0 spiro atoms. The first-order valence-corrected chi connectivity index (χ1v) is 6.73. The Bertz CT molecular complexity index is 770. The number of benzene rings is 1. The highest BCUT2D eigenvalue weighted by molar-refractivity contribution is 6.33. The number of aromatic nitrogens is 3. The number of hydrogen-bond donors (Lipinski definition) is 0. The van der Waals surface area contributed by atoms with Crippen molar-refractivity contribution in [2.24, 2.45) is 7.05 Å². The van der Waals surface area contributed by atoms with E-state index in [1.54, 1.807) is 30.7 Å². The van der Waals surface area contributed by atoms with Gasteiger partial charge >= 0.3 is 0 Å². The Morgan fingerprint density at radius 2 is 2.05 bits per heavy atom. The summed E-state index contributed by atoms with van der Waals surface area (Å²) >= 11 is 12.1. The van der Waals surface area contributed by atoms with E-state index in [2.05, 4.69) is 9.97 Å². The largest absolute Gasteiger partial charge is 0.471 e. The van der Waals surface area contributed by atoms with E-state index in [-0.39, 0.29) is 0 Å². The third-order valence-corrected chi connectivity index (χ3v) is 3.59. The highest BCUT2D eigenvalue weighted by Gasteiger charge is 2.09. The Balaban J connectivity index is 1.88. The second kappa shape index (κ2) is 5.31. The third kappa shape index (κ3) is 2.44. The summed E-state index contributed by atoms with van der Waals surface area (Å²) in [5.74, 6) is 0.485. The van der Waals surface area contributed by atoms with Gasteiger partial charge in [0.05, 0.1) is 11.8 Å². The number of pyridine rings is 1. The zero-order valence-corrected chi connectivity index (χ0v) is 12.2. The van der Waals surface area contributed by atoms with Crippen LogP contribution in [0.25, 0.3) is 11.0 Å². The van der Waals surface area contributed by atoms with Crippen LogP contribution < -0.4 is 4.74 Å². The van der Waals surface area contributed by atoms with Gasteiger partial charge in [0.25, 0.3) is 0 Å². The summed E-state index contributed by atoms with van der Waals surface area (Å²) in [6.45, 7) is 0.294. The van der Waals surface area contributed by atoms with Crippen LogP contribution in [0.3, 0.4) is 0 Å². The van der Waals surface area contributed by atoms with Crippen LogP contribution in [0, 0.1) is 0 Å². The van der Waals surface area contributed by atoms with Gasteiger partial charge in [-0.05, 0) is 24.3 Å². The zero-order valence-electron chi connectivity index (χ0n) is 10.7. The molecule has 0 aliphatic carbocycles. The summed E-state index contributed by atoms with van der Waals surface area (Å²) in [7, 11) is 1.92. The molecule has 20 heavy (non-hydrogen) atoms. The second-order valence-corrected chi connectivity index (χ2v) is 5.21. The Morgan fingerprint density at radius 1 is 1.20 bits per heavy atom. The van der Waals surface area contributed by atoms with Gasteiger partial charge in [0, 0.05) is 28.9 Å². The maximum absolute atomic E-state index is 6.11. The molecule has 0 fully saturated rings. The molecule has 102 valence electrons. The van der Waals surface area contributed by atoms with E-state index in [9.17, 15) is 0 Å². The van der Waals surface area contributed by atoms with Gasteiger partial charge in [-0.3, -0.25) is 0 Å². The summed E-state index contributed by atoms with van der Waals surface area (Å²) in [5.41, 5.74) is 2.51. The Morgan fingerprint density at radius 3 is 2.90 bits per heavy atom. The van der Waals surface area contributed by atoms with Crippen LogP contribution >= 0.6 is 23.2 Å². The Labute approximate surface area is 125 Å². The molecule has 2 heterocycles. The Hall–Kier alpha value is -1.78. The molecule has 0 amide bonds. The number of ether oxygens (including phenoxy) is 1. The van der Waals surface area contributed by atoms with Gasteiger partial charge in [0.2, 0.25) is 5.88 Å². The van der Waals surface area contributed by atoms with Crippen LogP contribution in [-0.4, -0.2) is 14.5 Å². The van der Waals surface area contributed by atoms with E-state index in [4.69, 9.17) is 27.9 Å². The second-order valence-electron chi connectivity index (χ2n) is 4.36. The average molecular weight is 308 g/mol. The normalized spacial score (nSPS) is 10.9. The van der Waals surface area contributed by atoms with Crippen LogP contribution in [0.15, 0.2) is 36.8 Å². The molecule has 0 N–H and O–H groups in total. The molecule has 3 rings (SSSR count). The molecule has 6 heteroatoms. The van der Waals surface area contributed by atoms with E-state index in [0.717, 1.165) is 16.6 Å². The third-order valence-electron chi connectivity index (χ3n) is 2.98. The van der Waals surface area contributed by atoms with Crippen LogP contribution in [0.4, 0.5) is 0 Å². The van der Waals surface area contributed by atoms with Gasteiger partial charge in [0.15, 0.2) is 5.52 Å². The maximum Gasteiger partial charge on any atom is 0.242 e. The summed E-state index contributed by atoms with van der Waals surface area (Å²) in [4.78, 5) is 8.50. The van der Waals surface area contributed by atoms with Gasteiger partial charge in [-0.1, -0.05) is 23.2 Å². The van der Waals surface area contributed by atoms with Crippen molar-refractivity contribution in [2.45, 2.75) is 6.61 Å². The molecular weight excluding hydrogens is 297 g/mol. The minimum Gasteiger partial charge on any atom is -0.471 e. The van der Waals surface area contributed by atoms with Gasteiger partial charge in [-0.2, -0.15) is 0 Å². The van der Waals surface area contributed by atoms with E-state index in [1.807, 2.05) is 17.7 Å². The predicted molar refractivity (Wildman–Crippen MR) is 79.3 cm³/mol. The number of hydrogen-bond acceptors (Lipinski definition) is 3. The summed E-state index contributed by atoms with van der Waals surface area (Å²) in [5, 5.41) is 1.24. The molecule has 1 aromatic carbocycles. The van der Waals surface area contributed by atoms with Crippen molar-refractivity contribution in [3.63, 3.8) is 0 Å². The smallest absolute Gasteiger partial charge is 0.242 e. The molecule has 0 radical (unpaired) electrons. The highest BCUT2D eigenvalue weighted by atomic mass is 35.5. The van der Waals surface area contributed by atoms with Crippen LogP contribution in [0.5, 0.6) is 5.88 Å². The molecule has 3 aromatic rings. The summed E-state index contributed by atoms with van der Waals surface area (Å²) in [6, 6.07) is 7.16. The molecule has 0 saturated carbocycles. The van der Waals surface area contributed by atoms with Crippen molar-refractivity contribution < 1.29 is 4.74 Å². The molecule has 0 unspecified atom stereocenters. The molecule has 4 nitrogen and oxygen atoms in total. The molecule has 0 bridgehead atoms. The number of fused-ring (bicyclic) bond motifs is 1. The SMILES string of the molecule is Cn1cnc2c(OCc3cc(Cl)ccc3Cl)nccc21. The van der Waals surface area contributed by atoms with E-state index in [0.29, 0.717) is 22.5 Å². The van der Waals surface area contributed by atoms with Crippen molar-refractivity contribution in [2.75, 3.05) is 0 Å². The first kappa shape index (κ1) is 13.2. The predicted octanol–water partition coefficient (Wildman–Crippen LogP) is 3.85. The number of rotatable bonds is 3. The standard InChI is InChI=1S/C14H11Cl2N3O/c1-19-8-18-13-12(19)4-5-17-14(13)20-7-9-6-10(15)2-3-11(9)16/h2-6,8H,7H2,1H3. The lowest BCUT2D eigenvalue weighted by Gasteiger charge is -2.08. The van der Waals surface area contributed by atoms with Crippen LogP contribution in [-0.2, 0) is 13.7 Å². The lowest BCUT2D eigenvalue weighted by Crippen LogP contribution is -1.99. The van der Waals surface area contributed by atoms with E-state index < -0.39 is 0 Å². The lowest BCUT2D eigenvalue weighted by atomic mass is 10.2. The van der Waals surface area contributed by atoms with Crippen molar-refractivity contribution in [1.29, 1.82) is 0 Å². The van der Waals surface area contributed by atoms with Gasteiger partial charge in [-0.15, -0.1) is 0 Å². The van der Waals surface area contributed by atoms with Crippen molar-refractivity contribution in [3.8, 4) is 5.88 Å². The fourth-order valence-corrected chi connectivity index (χ4v) is 2.31. The van der Waals surface area contributed by atoms with Crippen LogP contribution in [0.2, 0.25) is 10.0 Å². The van der Waals surface area contributed by atoms with Gasteiger partial charge in [-0.25, -0.2) is 9.97 Å². The highest BCUT2D eigenvalue weighted by Crippen LogP contribution is 2.25. The molecule has 0 aliphatic heterocycles. The number of halogens is 2. The van der Waals surface area contributed by atoms with Gasteiger partial charge in [0.1, 0.15) is 6.61 Å². The fraction of sp³-hybridized carbons (Fsp3) is 0.143. The van der Waals surface area contributed by atoms with Gasteiger partial charge < -0.3 is 9.30 Å². The zero-order chi connectivity index (χ0) is 14.1. The van der Waals surface area contributed by atoms with E-state index >= 15 is 0 Å². The molecule has 0 atom stereocenters. The summed E-state index contributed by atoms with van der Waals surface area (Å²) in [6.07, 6.45) is 3.42. The maximum atomic E-state index is 6.11. The fourth-order valence-electron chi connectivity index (χ4n) is 1.94. The van der Waals surface area contributed by atoms with Crippen molar-refractivity contribution in [3.05, 3.63) is 52.4 Å². The van der Waals surface area contributed by atoms with E-state index in [1.165, 1.54) is 0 Å². The quantitative estimate of drug-likeness (QED) is 0.738. The average Bonchev–Trinajstić information content (AvgIpc) is 2.82. The number of aryl methyl sites for hydroxylation is 1. The first-order valence-electron chi connectivity index (χ1n) is 5.98. The number of nitrogens with zero attached hydrogens (tertiary/aromatic N) is 3. The molecule has 2 aromatic heterocycles. The lowest BCUT2D eigenvalue weighted by molar-refractivity contribution is 0.297. The van der Waals surface area contributed by atoms with Crippen LogP contribution in [0.1, 0.15) is 5.56 Å². The molecular formula is C14H11Cl2N3O. The van der Waals surface area contributed by atoms with Crippen molar-refractivity contribution >= 4 is 34.2 Å². The topological polar surface area (TPSA) is 39.9 Å². The first-order chi connectivity index (χ1) is 9.65. The molecule has 0 aliphatic rings. The van der Waals surface area contributed by atoms with Crippen molar-refractivity contribution in [1.82, 2.24) is 14.5 Å². The Kier molecular flexibility index (Phi) is 3.51. The minimum absolute atomic E-state index is 0.294. The minimum atomic E-state index is 0.294.